The van der Waals surface area contributed by atoms with E-state index in [1.807, 2.05) is 0 Å². The first-order valence-corrected chi connectivity index (χ1v) is 8.15. The van der Waals surface area contributed by atoms with Crippen molar-refractivity contribution in [2.75, 3.05) is 0 Å². The molecule has 0 spiro atoms. The normalized spacial score (nSPS) is 15.9. The van der Waals surface area contributed by atoms with Crippen molar-refractivity contribution >= 4 is 33.8 Å². The van der Waals surface area contributed by atoms with E-state index in [1.165, 1.54) is 16.9 Å². The molecule has 2 aromatic rings. The lowest BCUT2D eigenvalue weighted by molar-refractivity contribution is 0.478. The van der Waals surface area contributed by atoms with E-state index < -0.39 is 0 Å². The molecule has 1 aliphatic carbocycles. The molecule has 19 heavy (non-hydrogen) atoms. The van der Waals surface area contributed by atoms with Crippen molar-refractivity contribution in [3.05, 3.63) is 25.6 Å². The number of aromatic nitrogens is 2. The number of thiophene rings is 1. The molecule has 1 unspecified atom stereocenters. The predicted octanol–water partition coefficient (Wildman–Crippen LogP) is 3.97. The summed E-state index contributed by atoms with van der Waals surface area (Å²) in [5.41, 5.74) is 1.38. The fraction of sp³-hybridized carbons (Fsp3) is 0.571. The van der Waals surface area contributed by atoms with E-state index in [9.17, 15) is 4.79 Å². The van der Waals surface area contributed by atoms with Gasteiger partial charge in [-0.15, -0.1) is 11.3 Å². The molecule has 1 N–H and O–H groups in total. The van der Waals surface area contributed by atoms with Crippen molar-refractivity contribution in [1.82, 2.24) is 9.55 Å². The first-order chi connectivity index (χ1) is 9.13. The highest BCUT2D eigenvalue weighted by Gasteiger charge is 2.22. The number of aromatic amines is 1. The Kier molecular flexibility index (Phi) is 3.35. The number of H-pyrrole nitrogens is 1. The van der Waals surface area contributed by atoms with Gasteiger partial charge < -0.3 is 4.98 Å². The standard InChI is InChI=1S/C14H18N2OS2/c1-3-5-8(2)16-13(17)11-9-6-4-7-10(9)19-12(11)15-14(16)18/h8H,3-7H2,1-2H3,(H,15,18). The fourth-order valence-electron chi connectivity index (χ4n) is 3.04. The number of hydrogen-bond acceptors (Lipinski definition) is 3. The maximum absolute atomic E-state index is 12.8. The molecule has 0 saturated heterocycles. The van der Waals surface area contributed by atoms with Crippen molar-refractivity contribution in [2.45, 2.75) is 52.0 Å². The summed E-state index contributed by atoms with van der Waals surface area (Å²) in [5, 5.41) is 0.897. The summed E-state index contributed by atoms with van der Waals surface area (Å²) < 4.78 is 2.34. The lowest BCUT2D eigenvalue weighted by Crippen LogP contribution is -2.25. The van der Waals surface area contributed by atoms with Crippen LogP contribution in [-0.4, -0.2) is 9.55 Å². The highest BCUT2D eigenvalue weighted by molar-refractivity contribution is 7.71. The molecule has 2 heterocycles. The van der Waals surface area contributed by atoms with E-state index in [0.29, 0.717) is 4.77 Å². The van der Waals surface area contributed by atoms with Crippen LogP contribution in [0, 0.1) is 4.77 Å². The summed E-state index contributed by atoms with van der Waals surface area (Å²) in [6.45, 7) is 4.21. The molecule has 5 heteroatoms. The molecule has 0 fully saturated rings. The van der Waals surface area contributed by atoms with Gasteiger partial charge in [0.25, 0.3) is 5.56 Å². The molecule has 1 atom stereocenters. The molecule has 0 saturated carbocycles. The monoisotopic (exact) mass is 294 g/mol. The average Bonchev–Trinajstić information content (AvgIpc) is 2.88. The summed E-state index contributed by atoms with van der Waals surface area (Å²) in [5.74, 6) is 0. The summed E-state index contributed by atoms with van der Waals surface area (Å²) >= 11 is 7.09. The second-order valence-electron chi connectivity index (χ2n) is 5.30. The Labute approximate surface area is 121 Å². The second kappa shape index (κ2) is 4.87. The minimum Gasteiger partial charge on any atom is -0.323 e. The van der Waals surface area contributed by atoms with E-state index >= 15 is 0 Å². The van der Waals surface area contributed by atoms with Crippen LogP contribution < -0.4 is 5.56 Å². The number of nitrogens with zero attached hydrogens (tertiary/aromatic N) is 1. The zero-order valence-corrected chi connectivity index (χ0v) is 12.9. The summed E-state index contributed by atoms with van der Waals surface area (Å²) in [4.78, 5) is 18.4. The van der Waals surface area contributed by atoms with E-state index in [0.717, 1.165) is 35.9 Å². The van der Waals surface area contributed by atoms with E-state index in [4.69, 9.17) is 12.2 Å². The maximum atomic E-state index is 12.8. The third-order valence-corrected chi connectivity index (χ3v) is 5.45. The zero-order chi connectivity index (χ0) is 13.6. The number of hydrogen-bond donors (Lipinski definition) is 1. The maximum Gasteiger partial charge on any atom is 0.263 e. The minimum absolute atomic E-state index is 0.110. The molecule has 0 aliphatic heterocycles. The van der Waals surface area contributed by atoms with E-state index in [2.05, 4.69) is 18.8 Å². The van der Waals surface area contributed by atoms with Gasteiger partial charge in [-0.05, 0) is 50.4 Å². The summed E-state index contributed by atoms with van der Waals surface area (Å²) in [6, 6.07) is 0.169. The van der Waals surface area contributed by atoms with Crippen LogP contribution in [0.4, 0.5) is 0 Å². The van der Waals surface area contributed by atoms with E-state index in [1.54, 1.807) is 15.9 Å². The van der Waals surface area contributed by atoms with Crippen molar-refractivity contribution in [3.63, 3.8) is 0 Å². The quantitative estimate of drug-likeness (QED) is 0.870. The van der Waals surface area contributed by atoms with Gasteiger partial charge in [0.2, 0.25) is 0 Å². The van der Waals surface area contributed by atoms with Gasteiger partial charge in [0.05, 0.1) is 5.39 Å². The second-order valence-corrected chi connectivity index (χ2v) is 6.80. The molecule has 1 aliphatic rings. The Balaban J connectivity index is 2.29. The molecule has 0 aromatic carbocycles. The smallest absolute Gasteiger partial charge is 0.263 e. The Morgan fingerprint density at radius 3 is 3.00 bits per heavy atom. The largest absolute Gasteiger partial charge is 0.323 e. The van der Waals surface area contributed by atoms with Crippen LogP contribution >= 0.6 is 23.6 Å². The van der Waals surface area contributed by atoms with Gasteiger partial charge in [0, 0.05) is 10.9 Å². The first-order valence-electron chi connectivity index (χ1n) is 6.92. The van der Waals surface area contributed by atoms with Crippen molar-refractivity contribution < 1.29 is 0 Å². The molecule has 3 nitrogen and oxygen atoms in total. The minimum atomic E-state index is 0.110. The molecule has 3 rings (SSSR count). The molecule has 2 aromatic heterocycles. The highest BCUT2D eigenvalue weighted by Crippen LogP contribution is 2.34. The average molecular weight is 294 g/mol. The van der Waals surface area contributed by atoms with Crippen LogP contribution in [0.15, 0.2) is 4.79 Å². The lowest BCUT2D eigenvalue weighted by atomic mass is 10.1. The van der Waals surface area contributed by atoms with Crippen LogP contribution in [0.3, 0.4) is 0 Å². The zero-order valence-electron chi connectivity index (χ0n) is 11.3. The lowest BCUT2D eigenvalue weighted by Gasteiger charge is -2.14. The van der Waals surface area contributed by atoms with Gasteiger partial charge in [0.15, 0.2) is 4.77 Å². The Bertz CT molecular complexity index is 738. The third kappa shape index (κ3) is 1.99. The Hall–Kier alpha value is -0.940. The summed E-state index contributed by atoms with van der Waals surface area (Å²) in [6.07, 6.45) is 5.37. The number of aryl methyl sites for hydroxylation is 2. The van der Waals surface area contributed by atoms with Crippen molar-refractivity contribution in [1.29, 1.82) is 0 Å². The molecule has 0 bridgehead atoms. The third-order valence-electron chi connectivity index (χ3n) is 3.94. The van der Waals surface area contributed by atoms with Crippen molar-refractivity contribution in [3.8, 4) is 0 Å². The molecule has 0 amide bonds. The van der Waals surface area contributed by atoms with Crippen molar-refractivity contribution in [2.24, 2.45) is 0 Å². The number of fused-ring (bicyclic) bond motifs is 3. The molecule has 0 radical (unpaired) electrons. The molecule has 102 valence electrons. The van der Waals surface area contributed by atoms with Gasteiger partial charge in [-0.25, -0.2) is 0 Å². The molecular formula is C14H18N2OS2. The predicted molar refractivity (Wildman–Crippen MR) is 82.9 cm³/mol. The number of nitrogens with one attached hydrogen (secondary N) is 1. The van der Waals surface area contributed by atoms with Crippen LogP contribution in [0.5, 0.6) is 0 Å². The SMILES string of the molecule is CCCC(C)n1c(=S)[nH]c2sc3c(c2c1=O)CCC3. The van der Waals surface area contributed by atoms with Crippen LogP contribution in [0.25, 0.3) is 10.2 Å². The molecular weight excluding hydrogens is 276 g/mol. The fourth-order valence-corrected chi connectivity index (χ4v) is 4.75. The van der Waals surface area contributed by atoms with Gasteiger partial charge in [-0.1, -0.05) is 13.3 Å². The van der Waals surface area contributed by atoms with Gasteiger partial charge >= 0.3 is 0 Å². The Morgan fingerprint density at radius 2 is 2.26 bits per heavy atom. The number of rotatable bonds is 3. The van der Waals surface area contributed by atoms with Crippen LogP contribution in [0.1, 0.15) is 49.6 Å². The van der Waals surface area contributed by atoms with E-state index in [-0.39, 0.29) is 11.6 Å². The van der Waals surface area contributed by atoms with Gasteiger partial charge in [-0.2, -0.15) is 0 Å². The summed E-state index contributed by atoms with van der Waals surface area (Å²) in [7, 11) is 0. The first kappa shape index (κ1) is 13.1. The highest BCUT2D eigenvalue weighted by atomic mass is 32.1. The Morgan fingerprint density at radius 1 is 1.47 bits per heavy atom. The topological polar surface area (TPSA) is 37.8 Å². The van der Waals surface area contributed by atoms with Crippen LogP contribution in [-0.2, 0) is 12.8 Å². The van der Waals surface area contributed by atoms with Gasteiger partial charge in [0.1, 0.15) is 4.83 Å². The van der Waals surface area contributed by atoms with Gasteiger partial charge in [-0.3, -0.25) is 9.36 Å². The van der Waals surface area contributed by atoms with Crippen LogP contribution in [0.2, 0.25) is 0 Å².